The molecule has 1 aromatic carbocycles. The highest BCUT2D eigenvalue weighted by Crippen LogP contribution is 2.25. The first-order valence-electron chi connectivity index (χ1n) is 9.31. The molecule has 4 heterocycles. The first-order valence-corrected chi connectivity index (χ1v) is 9.31. The summed E-state index contributed by atoms with van der Waals surface area (Å²) in [6.45, 7) is 5.32. The summed E-state index contributed by atoms with van der Waals surface area (Å²) in [7, 11) is 0. The van der Waals surface area contributed by atoms with Crippen molar-refractivity contribution < 1.29 is 18.4 Å². The standard InChI is InChI=1S/C22H15N5O4/c1-12-13(2)23-22(25-20(12)28)27-19(11-15(26-27)17-8-5-9-30-17)24-21(29)18-10-14-6-3-4-7-16(14)31-18/h3-11H,1H2,2H3,(H,24,29). The van der Waals surface area contributed by atoms with Gasteiger partial charge >= 0.3 is 0 Å². The lowest BCUT2D eigenvalue weighted by Crippen LogP contribution is -2.25. The van der Waals surface area contributed by atoms with Gasteiger partial charge in [0, 0.05) is 11.5 Å². The molecule has 0 bridgehead atoms. The maximum atomic E-state index is 12.9. The van der Waals surface area contributed by atoms with E-state index in [1.165, 1.54) is 10.9 Å². The van der Waals surface area contributed by atoms with E-state index in [4.69, 9.17) is 8.83 Å². The van der Waals surface area contributed by atoms with Gasteiger partial charge < -0.3 is 14.2 Å². The third-order valence-corrected chi connectivity index (χ3v) is 4.73. The highest BCUT2D eigenvalue weighted by molar-refractivity contribution is 6.28. The van der Waals surface area contributed by atoms with Gasteiger partial charge in [0.15, 0.2) is 11.5 Å². The predicted molar refractivity (Wildman–Crippen MR) is 114 cm³/mol. The molecule has 9 nitrogen and oxygen atoms in total. The molecule has 4 aromatic rings. The van der Waals surface area contributed by atoms with Crippen LogP contribution in [0.2, 0.25) is 0 Å². The van der Waals surface area contributed by atoms with Gasteiger partial charge in [0.2, 0.25) is 0 Å². The van der Waals surface area contributed by atoms with Crippen LogP contribution in [0.25, 0.3) is 22.4 Å². The molecule has 2 amide bonds. The van der Waals surface area contributed by atoms with E-state index in [0.717, 1.165) is 5.39 Å². The average molecular weight is 413 g/mol. The quantitative estimate of drug-likeness (QED) is 0.512. The molecule has 152 valence electrons. The van der Waals surface area contributed by atoms with Crippen molar-refractivity contribution in [2.45, 2.75) is 6.92 Å². The lowest BCUT2D eigenvalue weighted by molar-refractivity contribution is -0.113. The first-order chi connectivity index (χ1) is 15.0. The van der Waals surface area contributed by atoms with Gasteiger partial charge in [-0.05, 0) is 31.2 Å². The Morgan fingerprint density at radius 3 is 2.71 bits per heavy atom. The van der Waals surface area contributed by atoms with E-state index in [1.807, 2.05) is 18.2 Å². The minimum atomic E-state index is -0.521. The number of fused-ring (bicyclic) bond motifs is 1. The molecule has 0 saturated carbocycles. The molecule has 0 spiro atoms. The largest absolute Gasteiger partial charge is 0.463 e. The third-order valence-electron chi connectivity index (χ3n) is 4.73. The zero-order valence-corrected chi connectivity index (χ0v) is 16.3. The summed E-state index contributed by atoms with van der Waals surface area (Å²) in [6.07, 6.45) is 1.51. The number of aromatic nitrogens is 2. The Labute approximate surface area is 175 Å². The summed E-state index contributed by atoms with van der Waals surface area (Å²) in [5.41, 5.74) is 1.64. The van der Waals surface area contributed by atoms with Gasteiger partial charge in [0.1, 0.15) is 17.1 Å². The van der Waals surface area contributed by atoms with Gasteiger partial charge in [0.05, 0.1) is 17.5 Å². The van der Waals surface area contributed by atoms with Crippen LogP contribution < -0.4 is 5.32 Å². The number of amides is 2. The van der Waals surface area contributed by atoms with Gasteiger partial charge in [-0.25, -0.2) is 4.99 Å². The van der Waals surface area contributed by atoms with Crippen molar-refractivity contribution in [3.05, 3.63) is 72.7 Å². The number of para-hydroxylation sites is 1. The molecule has 0 fully saturated rings. The summed E-state index contributed by atoms with van der Waals surface area (Å²) in [6, 6.07) is 14.0. The molecule has 3 aromatic heterocycles. The number of carbonyl (C=O) groups is 2. The van der Waals surface area contributed by atoms with Crippen LogP contribution in [0.15, 0.2) is 85.8 Å². The predicted octanol–water partition coefficient (Wildman–Crippen LogP) is 3.90. The number of nitrogens with one attached hydrogen (secondary N) is 1. The van der Waals surface area contributed by atoms with Gasteiger partial charge in [0.25, 0.3) is 17.8 Å². The zero-order valence-electron chi connectivity index (χ0n) is 16.3. The van der Waals surface area contributed by atoms with E-state index < -0.39 is 11.8 Å². The summed E-state index contributed by atoms with van der Waals surface area (Å²) in [5, 5.41) is 7.97. The molecule has 0 saturated heterocycles. The second-order valence-corrected chi connectivity index (χ2v) is 6.80. The SMILES string of the molecule is C=C1C(=O)N=C(n2nc(-c3ccco3)cc2NC(=O)c2cc3ccccc3o2)N=C1C. The third kappa shape index (κ3) is 3.27. The van der Waals surface area contributed by atoms with Crippen LogP contribution in [0.3, 0.4) is 0 Å². The minimum absolute atomic E-state index is 0.00705. The lowest BCUT2D eigenvalue weighted by Gasteiger charge is -2.12. The van der Waals surface area contributed by atoms with Gasteiger partial charge in [-0.2, -0.15) is 14.8 Å². The number of hydrogen-bond acceptors (Lipinski definition) is 6. The van der Waals surface area contributed by atoms with Crippen molar-refractivity contribution in [1.29, 1.82) is 0 Å². The van der Waals surface area contributed by atoms with Crippen LogP contribution in [0.1, 0.15) is 17.5 Å². The van der Waals surface area contributed by atoms with Crippen LogP contribution >= 0.6 is 0 Å². The number of anilines is 1. The first kappa shape index (κ1) is 18.5. The summed E-state index contributed by atoms with van der Waals surface area (Å²) < 4.78 is 12.3. The van der Waals surface area contributed by atoms with E-state index in [9.17, 15) is 9.59 Å². The van der Waals surface area contributed by atoms with Crippen molar-refractivity contribution in [2.24, 2.45) is 9.98 Å². The number of furan rings is 2. The molecule has 5 rings (SSSR count). The van der Waals surface area contributed by atoms with Crippen molar-refractivity contribution in [3.8, 4) is 11.5 Å². The summed E-state index contributed by atoms with van der Waals surface area (Å²) in [5.74, 6) is -0.155. The molecule has 0 unspecified atom stereocenters. The maximum absolute atomic E-state index is 12.9. The zero-order chi connectivity index (χ0) is 21.5. The number of aliphatic imine (C=N–C) groups is 2. The molecule has 1 aliphatic rings. The molecule has 31 heavy (non-hydrogen) atoms. The molecule has 1 N–H and O–H groups in total. The smallest absolute Gasteiger partial charge is 0.292 e. The minimum Gasteiger partial charge on any atom is -0.463 e. The number of carbonyl (C=O) groups excluding carboxylic acids is 2. The molecular formula is C22H15N5O4. The number of hydrogen-bond donors (Lipinski definition) is 1. The summed E-state index contributed by atoms with van der Waals surface area (Å²) >= 11 is 0. The molecule has 0 aliphatic carbocycles. The highest BCUT2D eigenvalue weighted by atomic mass is 16.3. The van der Waals surface area contributed by atoms with Crippen LogP contribution in [0.5, 0.6) is 0 Å². The Morgan fingerprint density at radius 2 is 1.97 bits per heavy atom. The summed E-state index contributed by atoms with van der Waals surface area (Å²) in [4.78, 5) is 33.3. The van der Waals surface area contributed by atoms with E-state index in [0.29, 0.717) is 22.7 Å². The number of nitrogens with zero attached hydrogens (tertiary/aromatic N) is 4. The van der Waals surface area contributed by atoms with Crippen LogP contribution in [-0.2, 0) is 4.79 Å². The number of rotatable bonds is 3. The molecule has 9 heteroatoms. The Hall–Kier alpha value is -4.53. The van der Waals surface area contributed by atoms with Gasteiger partial charge in [-0.1, -0.05) is 24.8 Å². The van der Waals surface area contributed by atoms with Crippen LogP contribution in [0.4, 0.5) is 5.82 Å². The van der Waals surface area contributed by atoms with Crippen molar-refractivity contribution in [2.75, 3.05) is 5.32 Å². The molecule has 0 atom stereocenters. The molecule has 0 radical (unpaired) electrons. The maximum Gasteiger partial charge on any atom is 0.292 e. The van der Waals surface area contributed by atoms with Gasteiger partial charge in [-0.3, -0.25) is 9.59 Å². The van der Waals surface area contributed by atoms with E-state index >= 15 is 0 Å². The Balaban J connectivity index is 1.55. The molecule has 1 aliphatic heterocycles. The fraction of sp³-hybridized carbons (Fsp3) is 0.0455. The van der Waals surface area contributed by atoms with E-state index in [2.05, 4.69) is 27.0 Å². The van der Waals surface area contributed by atoms with Gasteiger partial charge in [-0.15, -0.1) is 0 Å². The van der Waals surface area contributed by atoms with Crippen molar-refractivity contribution >= 4 is 40.3 Å². The lowest BCUT2D eigenvalue weighted by atomic mass is 10.2. The normalized spacial score (nSPS) is 14.0. The average Bonchev–Trinajstić information content (AvgIpc) is 3.50. The number of benzene rings is 1. The Bertz CT molecular complexity index is 1390. The fourth-order valence-corrected chi connectivity index (χ4v) is 3.09. The van der Waals surface area contributed by atoms with Crippen molar-refractivity contribution in [1.82, 2.24) is 9.78 Å². The topological polar surface area (TPSA) is 115 Å². The second-order valence-electron chi connectivity index (χ2n) is 6.80. The van der Waals surface area contributed by atoms with Crippen LogP contribution in [-0.4, -0.2) is 33.3 Å². The fourth-order valence-electron chi connectivity index (χ4n) is 3.09. The Kier molecular flexibility index (Phi) is 4.21. The van der Waals surface area contributed by atoms with Crippen LogP contribution in [0, 0.1) is 0 Å². The molecular weight excluding hydrogens is 398 g/mol. The van der Waals surface area contributed by atoms with E-state index in [1.54, 1.807) is 37.3 Å². The van der Waals surface area contributed by atoms with Crippen molar-refractivity contribution in [3.63, 3.8) is 0 Å². The second kappa shape index (κ2) is 7.06. The highest BCUT2D eigenvalue weighted by Gasteiger charge is 2.24. The van der Waals surface area contributed by atoms with E-state index in [-0.39, 0.29) is 23.1 Å². The monoisotopic (exact) mass is 413 g/mol. The Morgan fingerprint density at radius 1 is 1.13 bits per heavy atom.